The van der Waals surface area contributed by atoms with Crippen molar-refractivity contribution in [2.24, 2.45) is 0 Å². The van der Waals surface area contributed by atoms with E-state index in [0.29, 0.717) is 6.42 Å². The quantitative estimate of drug-likeness (QED) is 0.598. The van der Waals surface area contributed by atoms with Crippen molar-refractivity contribution in [3.05, 3.63) is 19.1 Å². The highest BCUT2D eigenvalue weighted by Gasteiger charge is 1.94. The molecule has 0 spiro atoms. The summed E-state index contributed by atoms with van der Waals surface area (Å²) in [6, 6.07) is 0. The summed E-state index contributed by atoms with van der Waals surface area (Å²) >= 11 is 0. The third kappa shape index (κ3) is 9.21. The minimum atomic E-state index is -0.697. The van der Waals surface area contributed by atoms with E-state index >= 15 is 0 Å². The van der Waals surface area contributed by atoms with Crippen molar-refractivity contribution in [3.63, 3.8) is 0 Å². The predicted molar refractivity (Wildman–Crippen MR) is 45.2 cm³/mol. The van der Waals surface area contributed by atoms with Crippen LogP contribution in [-0.4, -0.2) is 11.1 Å². The Balaban J connectivity index is 2.96. The van der Waals surface area contributed by atoms with Gasteiger partial charge < -0.3 is 5.11 Å². The Morgan fingerprint density at radius 3 is 2.64 bits per heavy atom. The third-order valence-corrected chi connectivity index (χ3v) is 1.43. The molecule has 0 heterocycles. The number of carbonyl (C=O) groups is 1. The molecular weight excluding hydrogens is 140 g/mol. The number of hydrogen-bond donors (Lipinski definition) is 1. The topological polar surface area (TPSA) is 37.3 Å². The number of rotatable bonds is 6. The Kier molecular flexibility index (Phi) is 6.79. The second-order valence-electron chi connectivity index (χ2n) is 2.46. The van der Waals surface area contributed by atoms with Gasteiger partial charge in [0.15, 0.2) is 0 Å². The highest BCUT2D eigenvalue weighted by Crippen LogP contribution is 2.03. The first-order valence-electron chi connectivity index (χ1n) is 3.93. The van der Waals surface area contributed by atoms with Crippen molar-refractivity contribution in [2.75, 3.05) is 0 Å². The first-order chi connectivity index (χ1) is 5.27. The Bertz CT molecular complexity index is 128. The molecule has 0 aliphatic carbocycles. The molecule has 0 saturated heterocycles. The normalized spacial score (nSPS) is 10.6. The second kappa shape index (κ2) is 7.32. The summed E-state index contributed by atoms with van der Waals surface area (Å²) in [6.45, 7) is 3.56. The molecule has 0 saturated carbocycles. The summed E-state index contributed by atoms with van der Waals surface area (Å²) in [6.07, 6.45) is 7.95. The van der Waals surface area contributed by atoms with Crippen molar-refractivity contribution < 1.29 is 9.90 Å². The van der Waals surface area contributed by atoms with Crippen LogP contribution >= 0.6 is 0 Å². The van der Waals surface area contributed by atoms with Crippen LogP contribution in [0, 0.1) is 6.92 Å². The van der Waals surface area contributed by atoms with Gasteiger partial charge >= 0.3 is 5.97 Å². The molecule has 0 aromatic heterocycles. The molecule has 2 nitrogen and oxygen atoms in total. The van der Waals surface area contributed by atoms with Gasteiger partial charge in [-0.2, -0.15) is 0 Å². The van der Waals surface area contributed by atoms with Crippen molar-refractivity contribution in [1.82, 2.24) is 0 Å². The highest BCUT2D eigenvalue weighted by atomic mass is 16.4. The van der Waals surface area contributed by atoms with E-state index in [4.69, 9.17) is 5.11 Å². The molecule has 0 rings (SSSR count). The van der Waals surface area contributed by atoms with E-state index in [1.165, 1.54) is 0 Å². The summed E-state index contributed by atoms with van der Waals surface area (Å²) in [5.74, 6) is -0.697. The van der Waals surface area contributed by atoms with Crippen LogP contribution in [-0.2, 0) is 4.79 Å². The van der Waals surface area contributed by atoms with Crippen molar-refractivity contribution >= 4 is 5.97 Å². The average Bonchev–Trinajstić information content (AvgIpc) is 1.96. The number of unbranched alkanes of at least 4 members (excludes halogenated alkanes) is 3. The van der Waals surface area contributed by atoms with Gasteiger partial charge in [0, 0.05) is 6.42 Å². The van der Waals surface area contributed by atoms with E-state index in [-0.39, 0.29) is 0 Å². The van der Waals surface area contributed by atoms with Crippen LogP contribution in [0.3, 0.4) is 0 Å². The van der Waals surface area contributed by atoms with Gasteiger partial charge in [0.05, 0.1) is 0 Å². The minimum absolute atomic E-state index is 0.300. The summed E-state index contributed by atoms with van der Waals surface area (Å²) in [7, 11) is 0. The van der Waals surface area contributed by atoms with Gasteiger partial charge in [-0.1, -0.05) is 18.6 Å². The number of carboxylic acids is 1. The Hall–Kier alpha value is -0.790. The molecule has 0 aromatic carbocycles. The fourth-order valence-corrected chi connectivity index (χ4v) is 0.833. The number of carboxylic acid groups (broad SMARTS) is 1. The van der Waals surface area contributed by atoms with Crippen LogP contribution in [0.2, 0.25) is 0 Å². The van der Waals surface area contributed by atoms with Gasteiger partial charge in [0.1, 0.15) is 0 Å². The highest BCUT2D eigenvalue weighted by molar-refractivity contribution is 5.66. The van der Waals surface area contributed by atoms with Crippen LogP contribution in [0.1, 0.15) is 32.1 Å². The molecule has 1 radical (unpaired) electrons. The molecular formula is C9H15O2. The van der Waals surface area contributed by atoms with E-state index < -0.39 is 5.97 Å². The lowest BCUT2D eigenvalue weighted by Crippen LogP contribution is -1.93. The molecule has 63 valence electrons. The van der Waals surface area contributed by atoms with Crippen molar-refractivity contribution in [2.45, 2.75) is 32.1 Å². The Morgan fingerprint density at radius 2 is 2.09 bits per heavy atom. The zero-order valence-corrected chi connectivity index (χ0v) is 6.75. The van der Waals surface area contributed by atoms with Crippen molar-refractivity contribution in [1.29, 1.82) is 0 Å². The van der Waals surface area contributed by atoms with Crippen LogP contribution in [0.5, 0.6) is 0 Å². The Morgan fingerprint density at radius 1 is 1.36 bits per heavy atom. The smallest absolute Gasteiger partial charge is 0.303 e. The first-order valence-corrected chi connectivity index (χ1v) is 3.93. The van der Waals surface area contributed by atoms with E-state index in [1.807, 2.05) is 6.08 Å². The van der Waals surface area contributed by atoms with Crippen LogP contribution in [0.15, 0.2) is 12.2 Å². The van der Waals surface area contributed by atoms with Gasteiger partial charge in [0.25, 0.3) is 0 Å². The zero-order valence-electron chi connectivity index (χ0n) is 6.75. The van der Waals surface area contributed by atoms with E-state index in [0.717, 1.165) is 25.7 Å². The number of aliphatic carboxylic acids is 1. The molecule has 0 atom stereocenters. The molecule has 0 bridgehead atoms. The molecule has 0 aromatic rings. The van der Waals surface area contributed by atoms with Crippen LogP contribution in [0.25, 0.3) is 0 Å². The van der Waals surface area contributed by atoms with E-state index in [9.17, 15) is 4.79 Å². The predicted octanol–water partition coefficient (Wildman–Crippen LogP) is 2.41. The molecule has 11 heavy (non-hydrogen) atoms. The maximum atomic E-state index is 10.1. The first kappa shape index (κ1) is 10.2. The zero-order chi connectivity index (χ0) is 8.53. The Labute approximate surface area is 67.9 Å². The van der Waals surface area contributed by atoms with Gasteiger partial charge in [-0.3, -0.25) is 4.79 Å². The van der Waals surface area contributed by atoms with E-state index in [1.54, 1.807) is 6.08 Å². The van der Waals surface area contributed by atoms with Crippen LogP contribution in [0.4, 0.5) is 0 Å². The summed E-state index contributed by atoms with van der Waals surface area (Å²) in [5, 5.41) is 8.29. The standard InChI is InChI=1S/C9H15O2/c1-2-3-4-5-6-7-8-9(10)11/h2-3H,1,4-8H2,(H,10,11). The largest absolute Gasteiger partial charge is 0.481 e. The average molecular weight is 155 g/mol. The summed E-state index contributed by atoms with van der Waals surface area (Å²) in [5.41, 5.74) is 0. The van der Waals surface area contributed by atoms with Gasteiger partial charge in [-0.25, -0.2) is 0 Å². The maximum Gasteiger partial charge on any atom is 0.303 e. The number of allylic oxidation sites excluding steroid dienone is 2. The molecule has 0 fully saturated rings. The maximum absolute atomic E-state index is 10.1. The molecule has 0 amide bonds. The SMILES string of the molecule is [CH2]C=CCCCCCC(=O)O. The lowest BCUT2D eigenvalue weighted by molar-refractivity contribution is -0.137. The summed E-state index contributed by atoms with van der Waals surface area (Å²) < 4.78 is 0. The van der Waals surface area contributed by atoms with Gasteiger partial charge in [0.2, 0.25) is 0 Å². The van der Waals surface area contributed by atoms with E-state index in [2.05, 4.69) is 6.92 Å². The van der Waals surface area contributed by atoms with Crippen LogP contribution < -0.4 is 0 Å². The monoisotopic (exact) mass is 155 g/mol. The van der Waals surface area contributed by atoms with Gasteiger partial charge in [-0.05, 0) is 26.2 Å². The molecule has 0 aliphatic heterocycles. The fraction of sp³-hybridized carbons (Fsp3) is 0.556. The molecule has 2 heteroatoms. The molecule has 0 aliphatic rings. The molecule has 1 N–H and O–H groups in total. The number of hydrogen-bond acceptors (Lipinski definition) is 1. The lowest BCUT2D eigenvalue weighted by atomic mass is 10.1. The van der Waals surface area contributed by atoms with Gasteiger partial charge in [-0.15, -0.1) is 0 Å². The minimum Gasteiger partial charge on any atom is -0.481 e. The third-order valence-electron chi connectivity index (χ3n) is 1.43. The van der Waals surface area contributed by atoms with Crippen molar-refractivity contribution in [3.8, 4) is 0 Å². The summed E-state index contributed by atoms with van der Waals surface area (Å²) in [4.78, 5) is 10.1. The fourth-order valence-electron chi connectivity index (χ4n) is 0.833. The molecule has 0 unspecified atom stereocenters. The second-order valence-corrected chi connectivity index (χ2v) is 2.46. The lowest BCUT2D eigenvalue weighted by Gasteiger charge is -1.94.